The highest BCUT2D eigenvalue weighted by molar-refractivity contribution is 6.89. The molecule has 0 spiro atoms. The maximum absolute atomic E-state index is 4.74. The second kappa shape index (κ2) is 6.57. The van der Waals surface area contributed by atoms with Crippen molar-refractivity contribution < 1.29 is 0 Å². The van der Waals surface area contributed by atoms with Crippen LogP contribution in [0.25, 0.3) is 11.3 Å². The molecule has 21 heavy (non-hydrogen) atoms. The molecule has 112 valence electrons. The lowest BCUT2D eigenvalue weighted by atomic mass is 9.98. The van der Waals surface area contributed by atoms with Crippen LogP contribution in [0.3, 0.4) is 0 Å². The summed E-state index contributed by atoms with van der Waals surface area (Å²) in [5, 5.41) is 1.52. The topological polar surface area (TPSA) is 12.9 Å². The highest BCUT2D eigenvalue weighted by Crippen LogP contribution is 2.20. The average Bonchev–Trinajstić information content (AvgIpc) is 2.46. The molecule has 0 saturated carbocycles. The molecule has 1 aromatic carbocycles. The van der Waals surface area contributed by atoms with Gasteiger partial charge in [0, 0.05) is 11.8 Å². The van der Waals surface area contributed by atoms with Crippen LogP contribution in [0, 0.1) is 5.92 Å². The van der Waals surface area contributed by atoms with Gasteiger partial charge in [-0.2, -0.15) is 0 Å². The first-order chi connectivity index (χ1) is 9.91. The molecule has 0 saturated heterocycles. The SMILES string of the molecule is CCC(C)Cc1cc(-c2ccccc2)ncc1[Si](C)(C)C. The van der Waals surface area contributed by atoms with Crippen molar-refractivity contribution in [3.05, 3.63) is 48.2 Å². The van der Waals surface area contributed by atoms with Gasteiger partial charge < -0.3 is 0 Å². The van der Waals surface area contributed by atoms with Crippen molar-refractivity contribution >= 4 is 13.3 Å². The predicted molar refractivity (Wildman–Crippen MR) is 95.8 cm³/mol. The van der Waals surface area contributed by atoms with Gasteiger partial charge >= 0.3 is 0 Å². The summed E-state index contributed by atoms with van der Waals surface area (Å²) in [5.41, 5.74) is 3.83. The number of nitrogens with zero attached hydrogens (tertiary/aromatic N) is 1. The van der Waals surface area contributed by atoms with Crippen LogP contribution in [-0.2, 0) is 6.42 Å². The van der Waals surface area contributed by atoms with Crippen LogP contribution >= 0.6 is 0 Å². The standard InChI is InChI=1S/C19H27NSi/c1-6-15(2)12-17-13-18(16-10-8-7-9-11-16)20-14-19(17)21(3,4)5/h7-11,13-15H,6,12H2,1-5H3. The fourth-order valence-corrected chi connectivity index (χ4v) is 4.22. The normalized spacial score (nSPS) is 13.2. The van der Waals surface area contributed by atoms with Crippen molar-refractivity contribution in [1.29, 1.82) is 0 Å². The van der Waals surface area contributed by atoms with Crippen LogP contribution in [-0.4, -0.2) is 13.1 Å². The molecule has 0 amide bonds. The van der Waals surface area contributed by atoms with Crippen molar-refractivity contribution in [3.8, 4) is 11.3 Å². The lowest BCUT2D eigenvalue weighted by Gasteiger charge is -2.23. The van der Waals surface area contributed by atoms with Crippen LogP contribution < -0.4 is 5.19 Å². The fourth-order valence-electron chi connectivity index (χ4n) is 2.63. The molecule has 0 aliphatic carbocycles. The van der Waals surface area contributed by atoms with E-state index in [1.54, 1.807) is 0 Å². The monoisotopic (exact) mass is 297 g/mol. The Bertz CT molecular complexity index is 584. The Labute approximate surface area is 130 Å². The van der Waals surface area contributed by atoms with E-state index in [0.717, 1.165) is 11.6 Å². The maximum atomic E-state index is 4.74. The Morgan fingerprint density at radius 1 is 1.10 bits per heavy atom. The smallest absolute Gasteiger partial charge is 0.0799 e. The lowest BCUT2D eigenvalue weighted by molar-refractivity contribution is 0.561. The summed E-state index contributed by atoms with van der Waals surface area (Å²) in [6.45, 7) is 11.8. The third kappa shape index (κ3) is 4.04. The minimum Gasteiger partial charge on any atom is -0.256 e. The first-order valence-corrected chi connectivity index (χ1v) is 11.5. The van der Waals surface area contributed by atoms with Crippen molar-refractivity contribution in [2.45, 2.75) is 46.3 Å². The van der Waals surface area contributed by atoms with Crippen LogP contribution in [0.1, 0.15) is 25.8 Å². The highest BCUT2D eigenvalue weighted by atomic mass is 28.3. The molecule has 1 nitrogen and oxygen atoms in total. The summed E-state index contributed by atoms with van der Waals surface area (Å²) < 4.78 is 0. The van der Waals surface area contributed by atoms with E-state index in [0.29, 0.717) is 0 Å². The number of benzene rings is 1. The van der Waals surface area contributed by atoms with Gasteiger partial charge in [0.2, 0.25) is 0 Å². The predicted octanol–water partition coefficient (Wildman–Crippen LogP) is 4.88. The minimum atomic E-state index is -1.34. The van der Waals surface area contributed by atoms with Gasteiger partial charge in [0.25, 0.3) is 0 Å². The van der Waals surface area contributed by atoms with Crippen LogP contribution in [0.15, 0.2) is 42.6 Å². The molecule has 2 heteroatoms. The number of hydrogen-bond acceptors (Lipinski definition) is 1. The average molecular weight is 298 g/mol. The molecule has 0 aliphatic rings. The van der Waals surface area contributed by atoms with E-state index in [1.165, 1.54) is 29.2 Å². The van der Waals surface area contributed by atoms with E-state index >= 15 is 0 Å². The largest absolute Gasteiger partial charge is 0.256 e. The molecule has 0 N–H and O–H groups in total. The summed E-state index contributed by atoms with van der Waals surface area (Å²) in [5.74, 6) is 0.728. The molecule has 0 fully saturated rings. The van der Waals surface area contributed by atoms with Crippen molar-refractivity contribution in [3.63, 3.8) is 0 Å². The molecular weight excluding hydrogens is 270 g/mol. The molecule has 2 rings (SSSR count). The van der Waals surface area contributed by atoms with Gasteiger partial charge in [0.05, 0.1) is 13.8 Å². The maximum Gasteiger partial charge on any atom is 0.0799 e. The molecule has 1 heterocycles. The van der Waals surface area contributed by atoms with Crippen molar-refractivity contribution in [2.75, 3.05) is 0 Å². The molecular formula is C19H27NSi. The third-order valence-electron chi connectivity index (χ3n) is 4.13. The van der Waals surface area contributed by atoms with E-state index in [9.17, 15) is 0 Å². The Balaban J connectivity index is 2.46. The number of rotatable bonds is 5. The molecule has 1 aromatic heterocycles. The lowest BCUT2D eigenvalue weighted by Crippen LogP contribution is -2.41. The van der Waals surface area contributed by atoms with E-state index in [-0.39, 0.29) is 0 Å². The molecule has 0 aliphatic heterocycles. The summed E-state index contributed by atoms with van der Waals surface area (Å²) >= 11 is 0. The van der Waals surface area contributed by atoms with Crippen molar-refractivity contribution in [2.24, 2.45) is 5.92 Å². The third-order valence-corrected chi connectivity index (χ3v) is 6.20. The Hall–Kier alpha value is -1.41. The summed E-state index contributed by atoms with van der Waals surface area (Å²) in [4.78, 5) is 4.74. The number of aromatic nitrogens is 1. The number of pyridine rings is 1. The quantitative estimate of drug-likeness (QED) is 0.717. The Kier molecular flexibility index (Phi) is 4.99. The zero-order chi connectivity index (χ0) is 15.5. The van der Waals surface area contributed by atoms with Gasteiger partial charge in [-0.15, -0.1) is 0 Å². The summed E-state index contributed by atoms with van der Waals surface area (Å²) in [6.07, 6.45) is 4.54. The molecule has 2 aromatic rings. The van der Waals surface area contributed by atoms with Crippen LogP contribution in [0.4, 0.5) is 0 Å². The summed E-state index contributed by atoms with van der Waals surface area (Å²) in [7, 11) is -1.34. The van der Waals surface area contributed by atoms with Gasteiger partial charge in [-0.25, -0.2) is 0 Å². The first-order valence-electron chi connectivity index (χ1n) is 7.96. The van der Waals surface area contributed by atoms with Gasteiger partial charge in [0.1, 0.15) is 0 Å². The zero-order valence-electron chi connectivity index (χ0n) is 14.0. The van der Waals surface area contributed by atoms with Gasteiger partial charge in [-0.1, -0.05) is 70.2 Å². The van der Waals surface area contributed by atoms with Crippen molar-refractivity contribution in [1.82, 2.24) is 4.98 Å². The van der Waals surface area contributed by atoms with Gasteiger partial charge in [-0.3, -0.25) is 4.98 Å². The molecule has 0 radical (unpaired) electrons. The summed E-state index contributed by atoms with van der Waals surface area (Å²) in [6, 6.07) is 12.8. The molecule has 0 bridgehead atoms. The van der Waals surface area contributed by atoms with E-state index in [2.05, 4.69) is 76.1 Å². The van der Waals surface area contributed by atoms with E-state index in [1.807, 2.05) is 0 Å². The minimum absolute atomic E-state index is 0.728. The second-order valence-electron chi connectivity index (χ2n) is 7.06. The molecule has 1 atom stereocenters. The highest BCUT2D eigenvalue weighted by Gasteiger charge is 2.22. The molecule has 1 unspecified atom stereocenters. The fraction of sp³-hybridized carbons (Fsp3) is 0.421. The Morgan fingerprint density at radius 3 is 2.33 bits per heavy atom. The first kappa shape index (κ1) is 16.0. The van der Waals surface area contributed by atoms with Crippen LogP contribution in [0.2, 0.25) is 19.6 Å². The Morgan fingerprint density at radius 2 is 1.76 bits per heavy atom. The van der Waals surface area contributed by atoms with Gasteiger partial charge in [-0.05, 0) is 29.2 Å². The van der Waals surface area contributed by atoms with Crippen LogP contribution in [0.5, 0.6) is 0 Å². The van der Waals surface area contributed by atoms with E-state index in [4.69, 9.17) is 4.98 Å². The number of hydrogen-bond donors (Lipinski definition) is 0. The van der Waals surface area contributed by atoms with E-state index < -0.39 is 8.07 Å². The second-order valence-corrected chi connectivity index (χ2v) is 12.1. The zero-order valence-corrected chi connectivity index (χ0v) is 15.0. The van der Waals surface area contributed by atoms with Gasteiger partial charge in [0.15, 0.2) is 0 Å².